The van der Waals surface area contributed by atoms with Crippen molar-refractivity contribution >= 4 is 22.6 Å². The Labute approximate surface area is 140 Å². The summed E-state index contributed by atoms with van der Waals surface area (Å²) in [4.78, 5) is 21.2. The van der Waals surface area contributed by atoms with Crippen LogP contribution in [0.15, 0.2) is 48.5 Å². The van der Waals surface area contributed by atoms with Crippen molar-refractivity contribution < 1.29 is 9.53 Å². The van der Waals surface area contributed by atoms with Crippen molar-refractivity contribution in [2.75, 3.05) is 12.4 Å². The van der Waals surface area contributed by atoms with E-state index in [9.17, 15) is 4.79 Å². The summed E-state index contributed by atoms with van der Waals surface area (Å²) < 4.78 is 5.31. The smallest absolute Gasteiger partial charge is 0.235 e. The highest BCUT2D eigenvalue weighted by Crippen LogP contribution is 2.20. The van der Waals surface area contributed by atoms with E-state index in [0.29, 0.717) is 24.4 Å². The van der Waals surface area contributed by atoms with Gasteiger partial charge < -0.3 is 10.1 Å². The summed E-state index contributed by atoms with van der Waals surface area (Å²) in [6.45, 7) is 2.01. The van der Waals surface area contributed by atoms with Crippen LogP contribution in [0.5, 0.6) is 5.88 Å². The van der Waals surface area contributed by atoms with Crippen molar-refractivity contribution in [2.24, 2.45) is 0 Å². The van der Waals surface area contributed by atoms with Gasteiger partial charge in [-0.1, -0.05) is 29.8 Å². The predicted octanol–water partition coefficient (Wildman–Crippen LogP) is 3.52. The fourth-order valence-corrected chi connectivity index (χ4v) is 2.44. The minimum absolute atomic E-state index is 0.0594. The SMILES string of the molecule is COc1nc2ccccc2nc1CCC(=O)Nc1ccc(C)cc1. The molecule has 0 saturated carbocycles. The zero-order valence-electron chi connectivity index (χ0n) is 13.7. The Balaban J connectivity index is 1.70. The fraction of sp³-hybridized carbons (Fsp3) is 0.211. The average Bonchev–Trinajstić information content (AvgIpc) is 2.61. The van der Waals surface area contributed by atoms with Crippen molar-refractivity contribution in [3.8, 4) is 5.88 Å². The number of benzene rings is 2. The average molecular weight is 321 g/mol. The van der Waals surface area contributed by atoms with E-state index < -0.39 is 0 Å². The molecule has 0 radical (unpaired) electrons. The molecule has 0 bridgehead atoms. The molecule has 5 nitrogen and oxygen atoms in total. The number of nitrogens with one attached hydrogen (secondary N) is 1. The van der Waals surface area contributed by atoms with Crippen molar-refractivity contribution in [3.05, 3.63) is 59.8 Å². The minimum atomic E-state index is -0.0594. The van der Waals surface area contributed by atoms with Gasteiger partial charge in [-0.25, -0.2) is 9.97 Å². The minimum Gasteiger partial charge on any atom is -0.480 e. The van der Waals surface area contributed by atoms with Crippen LogP contribution >= 0.6 is 0 Å². The molecular formula is C19H19N3O2. The number of amides is 1. The van der Waals surface area contributed by atoms with Crippen LogP contribution in [0.2, 0.25) is 0 Å². The van der Waals surface area contributed by atoms with Crippen molar-refractivity contribution in [1.29, 1.82) is 0 Å². The third kappa shape index (κ3) is 3.68. The quantitative estimate of drug-likeness (QED) is 0.781. The monoisotopic (exact) mass is 321 g/mol. The molecule has 3 rings (SSSR count). The van der Waals surface area contributed by atoms with Crippen LogP contribution < -0.4 is 10.1 Å². The summed E-state index contributed by atoms with van der Waals surface area (Å²) in [5.74, 6) is 0.410. The van der Waals surface area contributed by atoms with Crippen LogP contribution in [0.4, 0.5) is 5.69 Å². The van der Waals surface area contributed by atoms with E-state index >= 15 is 0 Å². The van der Waals surface area contributed by atoms with Gasteiger partial charge in [0.25, 0.3) is 0 Å². The Kier molecular flexibility index (Phi) is 4.70. The molecule has 3 aromatic rings. The number of fused-ring (bicyclic) bond motifs is 1. The zero-order valence-corrected chi connectivity index (χ0v) is 13.7. The van der Waals surface area contributed by atoms with Gasteiger partial charge in [0.15, 0.2) is 0 Å². The van der Waals surface area contributed by atoms with Gasteiger partial charge in [0.05, 0.1) is 18.1 Å². The van der Waals surface area contributed by atoms with E-state index in [2.05, 4.69) is 15.3 Å². The molecule has 1 N–H and O–H groups in total. The van der Waals surface area contributed by atoms with Gasteiger partial charge >= 0.3 is 0 Å². The number of aryl methyl sites for hydroxylation is 2. The normalized spacial score (nSPS) is 10.6. The summed E-state index contributed by atoms with van der Waals surface area (Å²) in [7, 11) is 1.56. The summed E-state index contributed by atoms with van der Waals surface area (Å²) in [5.41, 5.74) is 4.22. The number of methoxy groups -OCH3 is 1. The second-order valence-corrected chi connectivity index (χ2v) is 5.58. The lowest BCUT2D eigenvalue weighted by atomic mass is 10.2. The number of rotatable bonds is 5. The van der Waals surface area contributed by atoms with Crippen molar-refractivity contribution in [1.82, 2.24) is 9.97 Å². The number of carbonyl (C=O) groups excluding carboxylic acids is 1. The molecular weight excluding hydrogens is 302 g/mol. The van der Waals surface area contributed by atoms with Gasteiger partial charge in [0.1, 0.15) is 5.69 Å². The molecule has 0 aliphatic carbocycles. The Hall–Kier alpha value is -2.95. The zero-order chi connectivity index (χ0) is 16.9. The van der Waals surface area contributed by atoms with Crippen molar-refractivity contribution in [2.45, 2.75) is 19.8 Å². The van der Waals surface area contributed by atoms with Gasteiger partial charge in [-0.05, 0) is 31.2 Å². The van der Waals surface area contributed by atoms with Crippen LogP contribution in [0.3, 0.4) is 0 Å². The molecule has 0 aliphatic rings. The lowest BCUT2D eigenvalue weighted by Gasteiger charge is -2.09. The number of nitrogens with zero attached hydrogens (tertiary/aromatic N) is 2. The molecule has 5 heteroatoms. The molecule has 122 valence electrons. The predicted molar refractivity (Wildman–Crippen MR) is 94.2 cm³/mol. The summed E-state index contributed by atoms with van der Waals surface area (Å²) >= 11 is 0. The Morgan fingerprint density at radius 3 is 2.38 bits per heavy atom. The van der Waals surface area contributed by atoms with Crippen LogP contribution in [-0.2, 0) is 11.2 Å². The third-order valence-electron chi connectivity index (χ3n) is 3.72. The Morgan fingerprint density at radius 2 is 1.71 bits per heavy atom. The van der Waals surface area contributed by atoms with Gasteiger partial charge in [-0.3, -0.25) is 4.79 Å². The Bertz CT molecular complexity index is 860. The second kappa shape index (κ2) is 7.08. The van der Waals surface area contributed by atoms with E-state index in [1.165, 1.54) is 0 Å². The highest BCUT2D eigenvalue weighted by Gasteiger charge is 2.11. The number of aromatic nitrogens is 2. The number of hydrogen-bond acceptors (Lipinski definition) is 4. The summed E-state index contributed by atoms with van der Waals surface area (Å²) in [6, 6.07) is 15.3. The molecule has 0 saturated heterocycles. The number of anilines is 1. The molecule has 1 amide bonds. The number of para-hydroxylation sites is 2. The van der Waals surface area contributed by atoms with Crippen LogP contribution in [0.1, 0.15) is 17.7 Å². The van der Waals surface area contributed by atoms with Crippen LogP contribution in [0, 0.1) is 6.92 Å². The third-order valence-corrected chi connectivity index (χ3v) is 3.72. The van der Waals surface area contributed by atoms with E-state index in [4.69, 9.17) is 4.74 Å². The number of ether oxygens (including phenoxy) is 1. The molecule has 1 aromatic heterocycles. The van der Waals surface area contributed by atoms with Gasteiger partial charge in [0, 0.05) is 18.5 Å². The van der Waals surface area contributed by atoms with E-state index in [1.54, 1.807) is 7.11 Å². The van der Waals surface area contributed by atoms with Crippen LogP contribution in [-0.4, -0.2) is 23.0 Å². The number of carbonyl (C=O) groups is 1. The first-order valence-electron chi connectivity index (χ1n) is 7.82. The Morgan fingerprint density at radius 1 is 1.04 bits per heavy atom. The molecule has 24 heavy (non-hydrogen) atoms. The number of hydrogen-bond donors (Lipinski definition) is 1. The molecule has 1 heterocycles. The molecule has 0 fully saturated rings. The standard InChI is InChI=1S/C19H19N3O2/c1-13-7-9-14(10-8-13)20-18(23)12-11-17-19(24-2)22-16-6-4-3-5-15(16)21-17/h3-10H,11-12H2,1-2H3,(H,20,23). The van der Waals surface area contributed by atoms with E-state index in [0.717, 1.165) is 22.3 Å². The topological polar surface area (TPSA) is 64.1 Å². The fourth-order valence-electron chi connectivity index (χ4n) is 2.44. The lowest BCUT2D eigenvalue weighted by molar-refractivity contribution is -0.116. The second-order valence-electron chi connectivity index (χ2n) is 5.58. The highest BCUT2D eigenvalue weighted by molar-refractivity contribution is 5.90. The van der Waals surface area contributed by atoms with Crippen molar-refractivity contribution in [3.63, 3.8) is 0 Å². The maximum absolute atomic E-state index is 12.1. The largest absolute Gasteiger partial charge is 0.480 e. The first-order chi connectivity index (χ1) is 11.7. The maximum atomic E-state index is 12.1. The van der Waals surface area contributed by atoms with Gasteiger partial charge in [-0.2, -0.15) is 0 Å². The highest BCUT2D eigenvalue weighted by atomic mass is 16.5. The molecule has 0 unspecified atom stereocenters. The summed E-state index contributed by atoms with van der Waals surface area (Å²) in [6.07, 6.45) is 0.788. The molecule has 0 spiro atoms. The molecule has 2 aromatic carbocycles. The lowest BCUT2D eigenvalue weighted by Crippen LogP contribution is -2.13. The summed E-state index contributed by atoms with van der Waals surface area (Å²) in [5, 5.41) is 2.89. The van der Waals surface area contributed by atoms with Crippen LogP contribution in [0.25, 0.3) is 11.0 Å². The van der Waals surface area contributed by atoms with E-state index in [1.807, 2.05) is 55.5 Å². The van der Waals surface area contributed by atoms with E-state index in [-0.39, 0.29) is 5.91 Å². The maximum Gasteiger partial charge on any atom is 0.235 e. The van der Waals surface area contributed by atoms with Gasteiger partial charge in [-0.15, -0.1) is 0 Å². The first kappa shape index (κ1) is 15.9. The van der Waals surface area contributed by atoms with Gasteiger partial charge in [0.2, 0.25) is 11.8 Å². The first-order valence-corrected chi connectivity index (χ1v) is 7.82. The molecule has 0 aliphatic heterocycles. The molecule has 0 atom stereocenters.